The van der Waals surface area contributed by atoms with E-state index in [2.05, 4.69) is 5.32 Å². The van der Waals surface area contributed by atoms with E-state index in [0.29, 0.717) is 6.42 Å². The standard InChI is InChI=1S/C13H13FN2O2/c14-12-5-2-1-4-10(12)8-11(9-15)13(18)16-6-3-7-17/h1-2,4-5,8,17H,3,6-7H2,(H,16,18)/b11-8+. The predicted molar refractivity (Wildman–Crippen MR) is 64.7 cm³/mol. The Kier molecular flexibility index (Phi) is 5.55. The van der Waals surface area contributed by atoms with Crippen LogP contribution in [0.3, 0.4) is 0 Å². The maximum Gasteiger partial charge on any atom is 0.261 e. The molecule has 4 nitrogen and oxygen atoms in total. The number of benzene rings is 1. The summed E-state index contributed by atoms with van der Waals surface area (Å²) in [4.78, 5) is 11.6. The highest BCUT2D eigenvalue weighted by Crippen LogP contribution is 2.11. The van der Waals surface area contributed by atoms with Gasteiger partial charge in [0.1, 0.15) is 17.5 Å². The molecule has 0 spiro atoms. The first kappa shape index (κ1) is 13.9. The van der Waals surface area contributed by atoms with E-state index in [1.807, 2.05) is 0 Å². The zero-order valence-electron chi connectivity index (χ0n) is 9.69. The highest BCUT2D eigenvalue weighted by Gasteiger charge is 2.09. The Bertz CT molecular complexity index is 492. The summed E-state index contributed by atoms with van der Waals surface area (Å²) in [6.45, 7) is 0.227. The van der Waals surface area contributed by atoms with Crippen molar-refractivity contribution in [2.24, 2.45) is 0 Å². The summed E-state index contributed by atoms with van der Waals surface area (Å²) in [6.07, 6.45) is 1.60. The highest BCUT2D eigenvalue weighted by atomic mass is 19.1. The van der Waals surface area contributed by atoms with Crippen LogP contribution < -0.4 is 5.32 Å². The molecule has 1 amide bonds. The van der Waals surface area contributed by atoms with E-state index < -0.39 is 11.7 Å². The maximum absolute atomic E-state index is 13.3. The Hall–Kier alpha value is -2.19. The van der Waals surface area contributed by atoms with Crippen molar-refractivity contribution in [3.8, 4) is 6.07 Å². The average molecular weight is 248 g/mol. The molecule has 0 radical (unpaired) electrons. The maximum atomic E-state index is 13.3. The average Bonchev–Trinajstić information content (AvgIpc) is 2.38. The number of carbonyl (C=O) groups excluding carboxylic acids is 1. The zero-order chi connectivity index (χ0) is 13.4. The number of nitrogens with zero attached hydrogens (tertiary/aromatic N) is 1. The number of nitriles is 1. The Morgan fingerprint density at radius 2 is 2.22 bits per heavy atom. The second-order valence-electron chi connectivity index (χ2n) is 3.52. The number of rotatable bonds is 5. The summed E-state index contributed by atoms with van der Waals surface area (Å²) in [5.41, 5.74) is 0.0180. The van der Waals surface area contributed by atoms with Crippen LogP contribution in [0, 0.1) is 17.1 Å². The van der Waals surface area contributed by atoms with Gasteiger partial charge in [0.15, 0.2) is 0 Å². The molecule has 18 heavy (non-hydrogen) atoms. The quantitative estimate of drug-likeness (QED) is 0.467. The summed E-state index contributed by atoms with van der Waals surface area (Å²) in [6, 6.07) is 7.61. The lowest BCUT2D eigenvalue weighted by Gasteiger charge is -2.03. The number of nitrogens with one attached hydrogen (secondary N) is 1. The van der Waals surface area contributed by atoms with Gasteiger partial charge in [-0.05, 0) is 18.6 Å². The van der Waals surface area contributed by atoms with Crippen molar-refractivity contribution in [2.45, 2.75) is 6.42 Å². The number of aliphatic hydroxyl groups is 1. The minimum atomic E-state index is -0.575. The summed E-state index contributed by atoms with van der Waals surface area (Å²) < 4.78 is 13.3. The van der Waals surface area contributed by atoms with Gasteiger partial charge in [-0.25, -0.2) is 4.39 Å². The first-order chi connectivity index (χ1) is 8.69. The molecule has 0 unspecified atom stereocenters. The second-order valence-corrected chi connectivity index (χ2v) is 3.52. The fourth-order valence-electron chi connectivity index (χ4n) is 1.27. The van der Waals surface area contributed by atoms with Crippen LogP contribution in [0.4, 0.5) is 4.39 Å². The minimum Gasteiger partial charge on any atom is -0.396 e. The van der Waals surface area contributed by atoms with Crippen LogP contribution in [0.1, 0.15) is 12.0 Å². The number of aliphatic hydroxyl groups excluding tert-OH is 1. The summed E-state index contributed by atoms with van der Waals surface area (Å²) >= 11 is 0. The van der Waals surface area contributed by atoms with E-state index in [-0.39, 0.29) is 24.3 Å². The topological polar surface area (TPSA) is 73.1 Å². The van der Waals surface area contributed by atoms with Gasteiger partial charge in [-0.2, -0.15) is 5.26 Å². The highest BCUT2D eigenvalue weighted by molar-refractivity contribution is 6.01. The SMILES string of the molecule is N#C/C(=C\c1ccccc1F)C(=O)NCCCO. The monoisotopic (exact) mass is 248 g/mol. The molecule has 0 aromatic heterocycles. The van der Waals surface area contributed by atoms with Crippen molar-refractivity contribution < 1.29 is 14.3 Å². The molecule has 0 aliphatic rings. The smallest absolute Gasteiger partial charge is 0.261 e. The van der Waals surface area contributed by atoms with Crippen LogP contribution in [-0.2, 0) is 4.79 Å². The lowest BCUT2D eigenvalue weighted by molar-refractivity contribution is -0.117. The van der Waals surface area contributed by atoms with Crippen molar-refractivity contribution in [3.63, 3.8) is 0 Å². The van der Waals surface area contributed by atoms with Gasteiger partial charge in [0.25, 0.3) is 5.91 Å². The van der Waals surface area contributed by atoms with E-state index in [9.17, 15) is 9.18 Å². The zero-order valence-corrected chi connectivity index (χ0v) is 9.69. The fourth-order valence-corrected chi connectivity index (χ4v) is 1.27. The Morgan fingerprint density at radius 3 is 2.83 bits per heavy atom. The normalized spacial score (nSPS) is 10.8. The Morgan fingerprint density at radius 1 is 1.50 bits per heavy atom. The van der Waals surface area contributed by atoms with E-state index in [1.165, 1.54) is 24.3 Å². The minimum absolute atomic E-state index is 0.0425. The van der Waals surface area contributed by atoms with Crippen molar-refractivity contribution in [1.29, 1.82) is 5.26 Å². The van der Waals surface area contributed by atoms with Gasteiger partial charge in [-0.15, -0.1) is 0 Å². The van der Waals surface area contributed by atoms with Crippen molar-refractivity contribution in [2.75, 3.05) is 13.2 Å². The molecule has 1 aromatic carbocycles. The van der Waals surface area contributed by atoms with E-state index in [4.69, 9.17) is 10.4 Å². The third-order valence-electron chi connectivity index (χ3n) is 2.19. The molecule has 0 aliphatic heterocycles. The Balaban J connectivity index is 2.81. The van der Waals surface area contributed by atoms with Gasteiger partial charge in [-0.1, -0.05) is 18.2 Å². The van der Waals surface area contributed by atoms with E-state index in [1.54, 1.807) is 12.1 Å². The lowest BCUT2D eigenvalue weighted by Crippen LogP contribution is -2.26. The third-order valence-corrected chi connectivity index (χ3v) is 2.19. The molecule has 2 N–H and O–H groups in total. The van der Waals surface area contributed by atoms with Crippen LogP contribution in [0.25, 0.3) is 6.08 Å². The second kappa shape index (κ2) is 7.20. The van der Waals surface area contributed by atoms with Gasteiger partial charge >= 0.3 is 0 Å². The molecule has 0 fully saturated rings. The molecule has 5 heteroatoms. The van der Waals surface area contributed by atoms with Crippen LogP contribution in [-0.4, -0.2) is 24.2 Å². The lowest BCUT2D eigenvalue weighted by atomic mass is 10.1. The number of halogens is 1. The van der Waals surface area contributed by atoms with E-state index in [0.717, 1.165) is 0 Å². The predicted octanol–water partition coefficient (Wildman–Crippen LogP) is 1.23. The number of carbonyl (C=O) groups is 1. The van der Waals surface area contributed by atoms with Gasteiger partial charge in [0.2, 0.25) is 0 Å². The molecule has 1 rings (SSSR count). The van der Waals surface area contributed by atoms with Crippen LogP contribution in [0.2, 0.25) is 0 Å². The molecule has 0 heterocycles. The summed E-state index contributed by atoms with van der Waals surface area (Å²) in [5.74, 6) is -1.07. The number of hydrogen-bond acceptors (Lipinski definition) is 3. The number of amides is 1. The first-order valence-electron chi connectivity index (χ1n) is 5.44. The summed E-state index contributed by atoms with van der Waals surface area (Å²) in [5, 5.41) is 19.9. The van der Waals surface area contributed by atoms with Crippen LogP contribution in [0.15, 0.2) is 29.8 Å². The Labute approximate surface area is 104 Å². The molecule has 94 valence electrons. The van der Waals surface area contributed by atoms with Gasteiger partial charge < -0.3 is 10.4 Å². The summed E-state index contributed by atoms with van der Waals surface area (Å²) in [7, 11) is 0. The largest absolute Gasteiger partial charge is 0.396 e. The molecular weight excluding hydrogens is 235 g/mol. The van der Waals surface area contributed by atoms with E-state index >= 15 is 0 Å². The van der Waals surface area contributed by atoms with Crippen LogP contribution in [0.5, 0.6) is 0 Å². The van der Waals surface area contributed by atoms with Crippen LogP contribution >= 0.6 is 0 Å². The number of hydrogen-bond donors (Lipinski definition) is 2. The molecule has 0 saturated heterocycles. The third kappa shape index (κ3) is 4.00. The van der Waals surface area contributed by atoms with Crippen molar-refractivity contribution in [1.82, 2.24) is 5.32 Å². The van der Waals surface area contributed by atoms with Crippen molar-refractivity contribution in [3.05, 3.63) is 41.2 Å². The van der Waals surface area contributed by atoms with Crippen molar-refractivity contribution >= 4 is 12.0 Å². The molecular formula is C13H13FN2O2. The molecule has 1 aromatic rings. The molecule has 0 aliphatic carbocycles. The van der Waals surface area contributed by atoms with Gasteiger partial charge in [0.05, 0.1) is 0 Å². The van der Waals surface area contributed by atoms with Gasteiger partial charge in [0, 0.05) is 18.7 Å². The molecule has 0 saturated carbocycles. The fraction of sp³-hybridized carbons (Fsp3) is 0.231. The molecule has 0 bridgehead atoms. The molecule has 0 atom stereocenters. The first-order valence-corrected chi connectivity index (χ1v) is 5.44. The van der Waals surface area contributed by atoms with Gasteiger partial charge in [-0.3, -0.25) is 4.79 Å².